The Bertz CT molecular complexity index is 1090. The van der Waals surface area contributed by atoms with Crippen molar-refractivity contribution in [3.8, 4) is 17.2 Å². The number of amides is 1. The summed E-state index contributed by atoms with van der Waals surface area (Å²) in [4.78, 5) is 20.1. The predicted octanol–water partition coefficient (Wildman–Crippen LogP) is 5.35. The van der Waals surface area contributed by atoms with Crippen LogP contribution < -0.4 is 24.4 Å². The summed E-state index contributed by atoms with van der Waals surface area (Å²) in [6, 6.07) is 11.6. The number of fused-ring (bicyclic) bond motifs is 1. The third kappa shape index (κ3) is 5.50. The monoisotopic (exact) mass is 469 g/mol. The highest BCUT2D eigenvalue weighted by Crippen LogP contribution is 2.34. The van der Waals surface area contributed by atoms with E-state index in [0.29, 0.717) is 31.3 Å². The number of rotatable bonds is 9. The van der Waals surface area contributed by atoms with Crippen LogP contribution in [0.3, 0.4) is 0 Å². The summed E-state index contributed by atoms with van der Waals surface area (Å²) in [5.74, 6) is 2.22. The minimum atomic E-state index is -0.0505. The first-order valence-corrected chi connectivity index (χ1v) is 12.4. The van der Waals surface area contributed by atoms with Gasteiger partial charge in [-0.1, -0.05) is 11.3 Å². The fourth-order valence-corrected chi connectivity index (χ4v) is 5.04. The molecule has 3 aromatic rings. The number of hydrogen-bond donors (Lipinski definition) is 1. The van der Waals surface area contributed by atoms with Gasteiger partial charge in [-0.15, -0.1) is 0 Å². The van der Waals surface area contributed by atoms with Gasteiger partial charge in [-0.05, 0) is 63.9 Å². The molecule has 7 nitrogen and oxygen atoms in total. The van der Waals surface area contributed by atoms with Crippen molar-refractivity contribution in [2.45, 2.75) is 33.6 Å². The lowest BCUT2D eigenvalue weighted by atomic mass is 9.96. The van der Waals surface area contributed by atoms with Crippen LogP contribution in [0.5, 0.6) is 17.2 Å². The van der Waals surface area contributed by atoms with Crippen molar-refractivity contribution in [3.63, 3.8) is 0 Å². The van der Waals surface area contributed by atoms with Crippen molar-refractivity contribution < 1.29 is 19.0 Å². The molecule has 8 heteroatoms. The summed E-state index contributed by atoms with van der Waals surface area (Å²) in [5.41, 5.74) is 1.64. The Hall–Kier alpha value is -3.00. The predicted molar refractivity (Wildman–Crippen MR) is 133 cm³/mol. The van der Waals surface area contributed by atoms with Gasteiger partial charge in [-0.2, -0.15) is 0 Å². The summed E-state index contributed by atoms with van der Waals surface area (Å²) < 4.78 is 18.0. The van der Waals surface area contributed by atoms with Crippen molar-refractivity contribution in [1.82, 2.24) is 4.98 Å². The molecular formula is C25H31N3O4S. The number of hydrogen-bond acceptors (Lipinski definition) is 7. The molecule has 1 saturated heterocycles. The normalized spacial score (nSPS) is 14.3. The van der Waals surface area contributed by atoms with Gasteiger partial charge in [-0.25, -0.2) is 4.98 Å². The zero-order chi connectivity index (χ0) is 23.2. The second-order valence-electron chi connectivity index (χ2n) is 7.83. The Morgan fingerprint density at radius 3 is 2.36 bits per heavy atom. The zero-order valence-corrected chi connectivity index (χ0v) is 20.2. The number of piperidine rings is 1. The second kappa shape index (κ2) is 10.7. The topological polar surface area (TPSA) is 72.9 Å². The van der Waals surface area contributed by atoms with E-state index in [4.69, 9.17) is 19.2 Å². The van der Waals surface area contributed by atoms with Crippen LogP contribution in [0.15, 0.2) is 36.4 Å². The van der Waals surface area contributed by atoms with Crippen molar-refractivity contribution in [3.05, 3.63) is 36.4 Å². The van der Waals surface area contributed by atoms with E-state index in [1.165, 1.54) is 0 Å². The summed E-state index contributed by atoms with van der Waals surface area (Å²) in [6.45, 7) is 9.19. The van der Waals surface area contributed by atoms with E-state index in [9.17, 15) is 4.79 Å². The van der Waals surface area contributed by atoms with Crippen LogP contribution in [0.25, 0.3) is 10.2 Å². The van der Waals surface area contributed by atoms with E-state index >= 15 is 0 Å². The molecule has 0 bridgehead atoms. The molecule has 1 N–H and O–H groups in total. The molecule has 0 atom stereocenters. The van der Waals surface area contributed by atoms with Crippen LogP contribution in [0.2, 0.25) is 0 Å². The molecule has 0 radical (unpaired) electrons. The van der Waals surface area contributed by atoms with Gasteiger partial charge in [0.25, 0.3) is 0 Å². The number of aromatic nitrogens is 1. The van der Waals surface area contributed by atoms with E-state index in [-0.39, 0.29) is 11.8 Å². The highest BCUT2D eigenvalue weighted by Gasteiger charge is 2.27. The molecule has 176 valence electrons. The quantitative estimate of drug-likeness (QED) is 0.456. The van der Waals surface area contributed by atoms with Crippen LogP contribution in [0.1, 0.15) is 33.6 Å². The molecule has 1 aromatic heterocycles. The van der Waals surface area contributed by atoms with E-state index in [0.717, 1.165) is 52.8 Å². The Labute approximate surface area is 198 Å². The van der Waals surface area contributed by atoms with Gasteiger partial charge < -0.3 is 24.4 Å². The summed E-state index contributed by atoms with van der Waals surface area (Å²) in [6.07, 6.45) is 1.56. The Morgan fingerprint density at radius 1 is 1.00 bits per heavy atom. The fourth-order valence-electron chi connectivity index (χ4n) is 4.00. The lowest BCUT2D eigenvalue weighted by Gasteiger charge is -2.31. The fraction of sp³-hybridized carbons (Fsp3) is 0.440. The minimum absolute atomic E-state index is 0.0231. The number of carbonyl (C=O) groups is 1. The summed E-state index contributed by atoms with van der Waals surface area (Å²) in [5, 5.41) is 4.07. The van der Waals surface area contributed by atoms with E-state index in [1.807, 2.05) is 57.2 Å². The summed E-state index contributed by atoms with van der Waals surface area (Å²) in [7, 11) is 0. The van der Waals surface area contributed by atoms with Crippen molar-refractivity contribution in [2.75, 3.05) is 43.1 Å². The van der Waals surface area contributed by atoms with Crippen LogP contribution in [-0.2, 0) is 4.79 Å². The molecule has 33 heavy (non-hydrogen) atoms. The number of ether oxygens (including phenoxy) is 3. The molecule has 1 fully saturated rings. The maximum absolute atomic E-state index is 13.0. The van der Waals surface area contributed by atoms with Crippen LogP contribution in [0, 0.1) is 5.92 Å². The lowest BCUT2D eigenvalue weighted by Crippen LogP contribution is -2.38. The van der Waals surface area contributed by atoms with Gasteiger partial charge in [0.2, 0.25) is 5.91 Å². The first kappa shape index (κ1) is 23.2. The first-order chi connectivity index (χ1) is 16.1. The number of thiazole rings is 1. The van der Waals surface area contributed by atoms with Gasteiger partial charge in [0.15, 0.2) is 5.13 Å². The maximum atomic E-state index is 13.0. The minimum Gasteiger partial charge on any atom is -0.494 e. The van der Waals surface area contributed by atoms with Gasteiger partial charge in [0.1, 0.15) is 17.2 Å². The zero-order valence-electron chi connectivity index (χ0n) is 19.4. The van der Waals surface area contributed by atoms with Gasteiger partial charge in [0, 0.05) is 25.1 Å². The standard InChI is InChI=1S/C25H31N3O4S/c1-4-30-18-8-10-22(32-6-3)21(15-18)26-24(29)17-11-13-28(14-12-17)25-27-20-9-7-19(31-5-2)16-23(20)33-25/h7-10,15-17H,4-6,11-14H2,1-3H3,(H,26,29). The largest absolute Gasteiger partial charge is 0.494 e. The lowest BCUT2D eigenvalue weighted by molar-refractivity contribution is -0.120. The van der Waals surface area contributed by atoms with E-state index in [2.05, 4.69) is 10.2 Å². The first-order valence-electron chi connectivity index (χ1n) is 11.6. The van der Waals surface area contributed by atoms with Crippen molar-refractivity contribution in [2.24, 2.45) is 5.92 Å². The number of nitrogens with zero attached hydrogens (tertiary/aromatic N) is 2. The molecule has 1 aliphatic rings. The Morgan fingerprint density at radius 2 is 1.67 bits per heavy atom. The molecule has 4 rings (SSSR count). The molecule has 0 unspecified atom stereocenters. The van der Waals surface area contributed by atoms with Gasteiger partial charge in [0.05, 0.1) is 35.7 Å². The van der Waals surface area contributed by atoms with Gasteiger partial charge in [-0.3, -0.25) is 4.79 Å². The highest BCUT2D eigenvalue weighted by molar-refractivity contribution is 7.22. The number of nitrogens with one attached hydrogen (secondary N) is 1. The second-order valence-corrected chi connectivity index (χ2v) is 8.84. The average Bonchev–Trinajstić information content (AvgIpc) is 3.25. The van der Waals surface area contributed by atoms with Crippen LogP contribution >= 0.6 is 11.3 Å². The third-order valence-electron chi connectivity index (χ3n) is 5.62. The summed E-state index contributed by atoms with van der Waals surface area (Å²) >= 11 is 1.67. The van der Waals surface area contributed by atoms with Crippen LogP contribution in [-0.4, -0.2) is 43.8 Å². The Kier molecular flexibility index (Phi) is 7.54. The molecule has 1 aliphatic heterocycles. The molecule has 0 spiro atoms. The SMILES string of the molecule is CCOc1ccc(OCC)c(NC(=O)C2CCN(c3nc4ccc(OCC)cc4s3)CC2)c1. The molecule has 2 aromatic carbocycles. The molecule has 0 saturated carbocycles. The molecule has 1 amide bonds. The third-order valence-corrected chi connectivity index (χ3v) is 6.69. The van der Waals surface area contributed by atoms with Crippen molar-refractivity contribution >= 4 is 38.3 Å². The maximum Gasteiger partial charge on any atom is 0.227 e. The number of benzene rings is 2. The average molecular weight is 470 g/mol. The number of carbonyl (C=O) groups excluding carboxylic acids is 1. The smallest absolute Gasteiger partial charge is 0.227 e. The number of anilines is 2. The van der Waals surface area contributed by atoms with E-state index < -0.39 is 0 Å². The van der Waals surface area contributed by atoms with Gasteiger partial charge >= 0.3 is 0 Å². The molecule has 0 aliphatic carbocycles. The van der Waals surface area contributed by atoms with Crippen molar-refractivity contribution in [1.29, 1.82) is 0 Å². The Balaban J connectivity index is 1.39. The molecular weight excluding hydrogens is 438 g/mol. The van der Waals surface area contributed by atoms with Crippen LogP contribution in [0.4, 0.5) is 10.8 Å². The molecule has 2 heterocycles. The van der Waals surface area contributed by atoms with E-state index in [1.54, 1.807) is 11.3 Å². The highest BCUT2D eigenvalue weighted by atomic mass is 32.1.